The van der Waals surface area contributed by atoms with Gasteiger partial charge in [0.25, 0.3) is 0 Å². The quantitative estimate of drug-likeness (QED) is 0.534. The lowest BCUT2D eigenvalue weighted by atomic mass is 9.97. The molecule has 0 rings (SSSR count). The molecule has 0 fully saturated rings. The van der Waals surface area contributed by atoms with Crippen LogP contribution in [0, 0.1) is 0 Å². The first-order valence-corrected chi connectivity index (χ1v) is 6.65. The Kier molecular flexibility index (Phi) is 7.52. The van der Waals surface area contributed by atoms with E-state index < -0.39 is 11.1 Å². The summed E-state index contributed by atoms with van der Waals surface area (Å²) in [5.41, 5.74) is -2.13. The average molecular weight is 287 g/mol. The largest absolute Gasteiger partial charge is 0.396 e. The molecule has 0 aliphatic rings. The van der Waals surface area contributed by atoms with E-state index in [-0.39, 0.29) is 37.9 Å². The minimum Gasteiger partial charge on any atom is -0.396 e. The molecule has 3 N–H and O–H groups in total. The maximum atomic E-state index is 11.9. The Hall–Kier alpha value is -1.34. The molecular weight excluding hydrogens is 262 g/mol. The summed E-state index contributed by atoms with van der Waals surface area (Å²) in [6.45, 7) is 6.36. The van der Waals surface area contributed by atoms with Crippen molar-refractivity contribution in [2.75, 3.05) is 19.8 Å². The minimum atomic E-state index is -1.11. The van der Waals surface area contributed by atoms with Crippen LogP contribution in [0.4, 0.5) is 0 Å². The molecule has 0 bridgehead atoms. The predicted molar refractivity (Wildman–Crippen MR) is 74.4 cm³/mol. The molecule has 0 aliphatic heterocycles. The van der Waals surface area contributed by atoms with E-state index in [1.165, 1.54) is 0 Å². The number of aliphatic hydroxyl groups excluding tert-OH is 2. The van der Waals surface area contributed by atoms with Crippen molar-refractivity contribution in [3.8, 4) is 0 Å². The average Bonchev–Trinajstić information content (AvgIpc) is 2.39. The molecule has 116 valence electrons. The first kappa shape index (κ1) is 18.7. The van der Waals surface area contributed by atoms with Crippen molar-refractivity contribution in [1.29, 1.82) is 0 Å². The number of nitrogens with one attached hydrogen (secondary N) is 1. The summed E-state index contributed by atoms with van der Waals surface area (Å²) in [5, 5.41) is 27.8. The zero-order valence-corrected chi connectivity index (χ0v) is 12.6. The molecular formula is C13H25N3O4. The fourth-order valence-corrected chi connectivity index (χ4v) is 1.28. The molecule has 0 radical (unpaired) electrons. The fraction of sp³-hybridized carbons (Fsp3) is 0.846. The van der Waals surface area contributed by atoms with Crippen molar-refractivity contribution < 1.29 is 19.8 Å². The van der Waals surface area contributed by atoms with Gasteiger partial charge in [-0.05, 0) is 34.1 Å². The van der Waals surface area contributed by atoms with Crippen LogP contribution >= 0.6 is 0 Å². The van der Waals surface area contributed by atoms with E-state index in [1.54, 1.807) is 27.7 Å². The molecule has 7 nitrogen and oxygen atoms in total. The maximum absolute atomic E-state index is 11.9. The van der Waals surface area contributed by atoms with Crippen LogP contribution < -0.4 is 5.32 Å². The number of amides is 1. The number of Topliss-reactive ketones (excluding diaryl/α,β-unsaturated/α-hetero) is 1. The second-order valence-corrected chi connectivity index (χ2v) is 5.55. The number of ketones is 1. The van der Waals surface area contributed by atoms with Crippen molar-refractivity contribution >= 4 is 11.7 Å². The highest BCUT2D eigenvalue weighted by Crippen LogP contribution is 2.18. The molecule has 0 aromatic heterocycles. The van der Waals surface area contributed by atoms with E-state index in [2.05, 4.69) is 15.5 Å². The molecule has 0 aromatic rings. The number of hydrogen-bond donors (Lipinski definition) is 3. The highest BCUT2D eigenvalue weighted by Gasteiger charge is 2.31. The van der Waals surface area contributed by atoms with Crippen molar-refractivity contribution in [2.24, 2.45) is 10.2 Å². The van der Waals surface area contributed by atoms with Crippen molar-refractivity contribution in [3.63, 3.8) is 0 Å². The van der Waals surface area contributed by atoms with Crippen LogP contribution in [-0.2, 0) is 9.59 Å². The van der Waals surface area contributed by atoms with Gasteiger partial charge in [-0.2, -0.15) is 10.2 Å². The Morgan fingerprint density at radius 3 is 2.05 bits per heavy atom. The molecule has 0 spiro atoms. The Labute approximate surface area is 119 Å². The van der Waals surface area contributed by atoms with Gasteiger partial charge in [0, 0.05) is 19.6 Å². The molecule has 0 saturated heterocycles. The van der Waals surface area contributed by atoms with Gasteiger partial charge in [0.1, 0.15) is 5.54 Å². The van der Waals surface area contributed by atoms with Gasteiger partial charge in [0.15, 0.2) is 11.3 Å². The third kappa shape index (κ3) is 6.21. The number of carbonyl (C=O) groups excluding carboxylic acids is 2. The summed E-state index contributed by atoms with van der Waals surface area (Å²) in [6, 6.07) is 0. The Morgan fingerprint density at radius 1 is 1.00 bits per heavy atom. The topological polar surface area (TPSA) is 111 Å². The van der Waals surface area contributed by atoms with Crippen LogP contribution in [0.25, 0.3) is 0 Å². The second kappa shape index (κ2) is 8.06. The van der Waals surface area contributed by atoms with Crippen LogP contribution in [0.5, 0.6) is 0 Å². The van der Waals surface area contributed by atoms with Crippen molar-refractivity contribution in [2.45, 2.75) is 51.6 Å². The number of rotatable bonds is 9. The molecule has 1 amide bonds. The number of aliphatic hydroxyl groups is 2. The molecule has 0 aromatic carbocycles. The summed E-state index contributed by atoms with van der Waals surface area (Å²) in [5.74, 6) is -0.504. The lowest BCUT2D eigenvalue weighted by Gasteiger charge is -2.21. The lowest BCUT2D eigenvalue weighted by molar-refractivity contribution is -0.126. The van der Waals surface area contributed by atoms with Gasteiger partial charge in [-0.3, -0.25) is 9.59 Å². The number of nitrogens with zero attached hydrogens (tertiary/aromatic N) is 2. The van der Waals surface area contributed by atoms with Crippen LogP contribution in [-0.4, -0.2) is 52.7 Å². The van der Waals surface area contributed by atoms with E-state index in [9.17, 15) is 9.59 Å². The van der Waals surface area contributed by atoms with E-state index >= 15 is 0 Å². The third-order valence-electron chi connectivity index (χ3n) is 2.75. The van der Waals surface area contributed by atoms with E-state index in [4.69, 9.17) is 10.2 Å². The van der Waals surface area contributed by atoms with Gasteiger partial charge in [-0.25, -0.2) is 0 Å². The molecule has 0 atom stereocenters. The molecule has 20 heavy (non-hydrogen) atoms. The summed E-state index contributed by atoms with van der Waals surface area (Å²) in [4.78, 5) is 23.7. The van der Waals surface area contributed by atoms with Gasteiger partial charge in [-0.15, -0.1) is 0 Å². The summed E-state index contributed by atoms with van der Waals surface area (Å²) in [6.07, 6.45) is 0.609. The summed E-state index contributed by atoms with van der Waals surface area (Å²) in [7, 11) is 0. The van der Waals surface area contributed by atoms with Gasteiger partial charge in [-0.1, -0.05) is 0 Å². The second-order valence-electron chi connectivity index (χ2n) is 5.55. The van der Waals surface area contributed by atoms with Gasteiger partial charge in [0.05, 0.1) is 6.61 Å². The number of azo groups is 1. The monoisotopic (exact) mass is 287 g/mol. The standard InChI is InChI=1S/C13H25N3O4/c1-12(2,10(19)6-5-8-17)15-16-13(3,4)11(20)14-7-9-18/h17-18H,5-9H2,1-4H3,(H,14,20). The molecule has 0 aliphatic carbocycles. The smallest absolute Gasteiger partial charge is 0.249 e. The van der Waals surface area contributed by atoms with Crippen LogP contribution in [0.1, 0.15) is 40.5 Å². The molecule has 0 heterocycles. The van der Waals surface area contributed by atoms with Gasteiger partial charge in [0.2, 0.25) is 5.91 Å². The van der Waals surface area contributed by atoms with E-state index in [0.717, 1.165) is 0 Å². The summed E-state index contributed by atoms with van der Waals surface area (Å²) >= 11 is 0. The van der Waals surface area contributed by atoms with Crippen LogP contribution in [0.2, 0.25) is 0 Å². The molecule has 7 heteroatoms. The first-order valence-electron chi connectivity index (χ1n) is 6.65. The highest BCUT2D eigenvalue weighted by atomic mass is 16.3. The normalized spacial score (nSPS) is 12.7. The Morgan fingerprint density at radius 2 is 1.55 bits per heavy atom. The minimum absolute atomic E-state index is 0.0476. The van der Waals surface area contributed by atoms with Crippen molar-refractivity contribution in [1.82, 2.24) is 5.32 Å². The highest BCUT2D eigenvalue weighted by molar-refractivity contribution is 5.88. The van der Waals surface area contributed by atoms with Crippen molar-refractivity contribution in [3.05, 3.63) is 0 Å². The van der Waals surface area contributed by atoms with E-state index in [1.807, 2.05) is 0 Å². The number of hydrogen-bond acceptors (Lipinski definition) is 6. The molecule has 0 saturated carbocycles. The van der Waals surface area contributed by atoms with E-state index in [0.29, 0.717) is 6.42 Å². The van der Waals surface area contributed by atoms with Gasteiger partial charge >= 0.3 is 0 Å². The van der Waals surface area contributed by atoms with Crippen LogP contribution in [0.3, 0.4) is 0 Å². The first-order chi connectivity index (χ1) is 9.17. The zero-order valence-electron chi connectivity index (χ0n) is 12.6. The number of carbonyl (C=O) groups is 2. The SMILES string of the molecule is CC(C)(N=NC(C)(C)C(=O)NCCO)C(=O)CCCO. The fourth-order valence-electron chi connectivity index (χ4n) is 1.28. The Bertz CT molecular complexity index is 331. The van der Waals surface area contributed by atoms with Crippen LogP contribution in [0.15, 0.2) is 10.2 Å². The maximum Gasteiger partial charge on any atom is 0.249 e. The predicted octanol–water partition coefficient (Wildman–Crippen LogP) is 0.446. The summed E-state index contributed by atoms with van der Waals surface area (Å²) < 4.78 is 0. The lowest BCUT2D eigenvalue weighted by Crippen LogP contribution is -2.42. The zero-order chi connectivity index (χ0) is 15.8. The van der Waals surface area contributed by atoms with Gasteiger partial charge < -0.3 is 15.5 Å². The Balaban J connectivity index is 4.72. The molecule has 0 unspecified atom stereocenters. The third-order valence-corrected chi connectivity index (χ3v) is 2.75.